The summed E-state index contributed by atoms with van der Waals surface area (Å²) < 4.78 is 0. The first kappa shape index (κ1) is 14.9. The average Bonchev–Trinajstić information content (AvgIpc) is 2.42. The minimum absolute atomic E-state index is 0.112. The Bertz CT molecular complexity index is 642. The van der Waals surface area contributed by atoms with Crippen molar-refractivity contribution in [2.24, 2.45) is 0 Å². The molecule has 0 aliphatic rings. The van der Waals surface area contributed by atoms with Crippen molar-refractivity contribution in [2.75, 3.05) is 11.4 Å². The molecule has 2 aromatic rings. The van der Waals surface area contributed by atoms with Crippen molar-refractivity contribution in [2.45, 2.75) is 18.7 Å². The van der Waals surface area contributed by atoms with Crippen molar-refractivity contribution < 1.29 is 4.79 Å². The smallest absolute Gasteiger partial charge is 0.259 e. The Labute approximate surface area is 129 Å². The van der Waals surface area contributed by atoms with Gasteiger partial charge in [-0.1, -0.05) is 23.7 Å². The second kappa shape index (κ2) is 6.33. The summed E-state index contributed by atoms with van der Waals surface area (Å²) in [4.78, 5) is 15.1. The maximum atomic E-state index is 12.7. The molecule has 0 spiro atoms. The molecule has 2 aromatic carbocycles. The summed E-state index contributed by atoms with van der Waals surface area (Å²) in [7, 11) is 0. The molecule has 0 radical (unpaired) electrons. The van der Waals surface area contributed by atoms with Crippen LogP contribution in [0.4, 0.5) is 5.69 Å². The number of nitrogens with zero attached hydrogens (tertiary/aromatic N) is 1. The first-order valence-corrected chi connectivity index (χ1v) is 7.22. The Hall–Kier alpha value is -1.45. The van der Waals surface area contributed by atoms with Crippen LogP contribution in [-0.4, -0.2) is 12.5 Å². The highest BCUT2D eigenvalue weighted by Gasteiger charge is 2.19. The van der Waals surface area contributed by atoms with Crippen LogP contribution in [0.3, 0.4) is 0 Å². The third-order valence-electron chi connectivity index (χ3n) is 3.06. The van der Waals surface area contributed by atoms with E-state index in [1.807, 2.05) is 38.1 Å². The van der Waals surface area contributed by atoms with Gasteiger partial charge in [0.2, 0.25) is 0 Å². The van der Waals surface area contributed by atoms with Gasteiger partial charge in [-0.05, 0) is 49.7 Å². The molecule has 0 aliphatic heterocycles. The van der Waals surface area contributed by atoms with Crippen LogP contribution in [0.1, 0.15) is 22.8 Å². The van der Waals surface area contributed by atoms with Gasteiger partial charge in [-0.2, -0.15) is 0 Å². The number of thiol groups is 1. The van der Waals surface area contributed by atoms with E-state index in [0.717, 1.165) is 16.1 Å². The molecular formula is C16H16ClNOS. The number of carbonyl (C=O) groups excluding carboxylic acids is 1. The van der Waals surface area contributed by atoms with Crippen LogP contribution >= 0.6 is 24.2 Å². The van der Waals surface area contributed by atoms with Crippen molar-refractivity contribution >= 4 is 35.8 Å². The molecule has 0 heterocycles. The number of hydrogen-bond acceptors (Lipinski definition) is 2. The van der Waals surface area contributed by atoms with E-state index < -0.39 is 0 Å². The van der Waals surface area contributed by atoms with E-state index in [4.69, 9.17) is 11.6 Å². The number of anilines is 1. The molecule has 0 saturated heterocycles. The van der Waals surface area contributed by atoms with Gasteiger partial charge >= 0.3 is 0 Å². The molecule has 20 heavy (non-hydrogen) atoms. The summed E-state index contributed by atoms with van der Waals surface area (Å²) in [6, 6.07) is 13.0. The highest BCUT2D eigenvalue weighted by molar-refractivity contribution is 7.80. The van der Waals surface area contributed by atoms with Crippen molar-refractivity contribution in [3.8, 4) is 0 Å². The monoisotopic (exact) mass is 305 g/mol. The largest absolute Gasteiger partial charge is 0.309 e. The third kappa shape index (κ3) is 3.17. The van der Waals surface area contributed by atoms with Crippen molar-refractivity contribution in [1.82, 2.24) is 0 Å². The average molecular weight is 306 g/mol. The topological polar surface area (TPSA) is 20.3 Å². The van der Waals surface area contributed by atoms with E-state index in [9.17, 15) is 4.79 Å². The highest BCUT2D eigenvalue weighted by atomic mass is 35.5. The summed E-state index contributed by atoms with van der Waals surface area (Å²) in [5, 5.41) is 0.443. The zero-order chi connectivity index (χ0) is 14.7. The molecule has 4 heteroatoms. The molecule has 2 nitrogen and oxygen atoms in total. The van der Waals surface area contributed by atoms with Crippen LogP contribution in [0.2, 0.25) is 5.02 Å². The molecule has 0 aromatic heterocycles. The molecule has 0 bridgehead atoms. The van der Waals surface area contributed by atoms with Crippen LogP contribution in [0.25, 0.3) is 0 Å². The van der Waals surface area contributed by atoms with E-state index in [1.165, 1.54) is 0 Å². The Morgan fingerprint density at radius 1 is 1.25 bits per heavy atom. The van der Waals surface area contributed by atoms with Crippen LogP contribution in [-0.2, 0) is 0 Å². The van der Waals surface area contributed by atoms with Crippen LogP contribution < -0.4 is 4.90 Å². The number of rotatable bonds is 3. The Kier molecular flexibility index (Phi) is 4.73. The number of benzene rings is 2. The molecule has 104 valence electrons. The lowest BCUT2D eigenvalue weighted by atomic mass is 10.1. The second-order valence-electron chi connectivity index (χ2n) is 4.55. The SMILES string of the molecule is CCN(C(=O)c1cc(S)ccc1Cl)c1cccc(C)c1. The van der Waals surface area contributed by atoms with Crippen molar-refractivity contribution in [3.05, 3.63) is 58.6 Å². The van der Waals surface area contributed by atoms with Gasteiger partial charge < -0.3 is 4.90 Å². The molecule has 1 amide bonds. The highest BCUT2D eigenvalue weighted by Crippen LogP contribution is 2.24. The minimum Gasteiger partial charge on any atom is -0.309 e. The Balaban J connectivity index is 2.41. The lowest BCUT2D eigenvalue weighted by Crippen LogP contribution is -2.30. The Morgan fingerprint density at radius 3 is 2.65 bits per heavy atom. The Morgan fingerprint density at radius 2 is 2.00 bits per heavy atom. The van der Waals surface area contributed by atoms with Crippen LogP contribution in [0.5, 0.6) is 0 Å². The van der Waals surface area contributed by atoms with Gasteiger partial charge in [0.05, 0.1) is 10.6 Å². The predicted molar refractivity (Wildman–Crippen MR) is 87.2 cm³/mol. The summed E-state index contributed by atoms with van der Waals surface area (Å²) in [6.45, 7) is 4.53. The second-order valence-corrected chi connectivity index (χ2v) is 5.48. The quantitative estimate of drug-likeness (QED) is 0.821. The first-order chi connectivity index (χ1) is 9.52. The number of hydrogen-bond donors (Lipinski definition) is 1. The van der Waals surface area contributed by atoms with E-state index >= 15 is 0 Å². The third-order valence-corrected chi connectivity index (χ3v) is 3.66. The van der Waals surface area contributed by atoms with E-state index in [0.29, 0.717) is 17.1 Å². The van der Waals surface area contributed by atoms with Gasteiger partial charge in [-0.3, -0.25) is 4.79 Å². The van der Waals surface area contributed by atoms with Crippen molar-refractivity contribution in [3.63, 3.8) is 0 Å². The lowest BCUT2D eigenvalue weighted by Gasteiger charge is -2.22. The molecular weight excluding hydrogens is 290 g/mol. The van der Waals surface area contributed by atoms with Gasteiger partial charge in [0.1, 0.15) is 0 Å². The fraction of sp³-hybridized carbons (Fsp3) is 0.188. The van der Waals surface area contributed by atoms with E-state index in [1.54, 1.807) is 23.1 Å². The van der Waals surface area contributed by atoms with Gasteiger partial charge in [-0.15, -0.1) is 12.6 Å². The molecule has 0 saturated carbocycles. The summed E-state index contributed by atoms with van der Waals surface area (Å²) in [5.74, 6) is -0.112. The van der Waals surface area contributed by atoms with Gasteiger partial charge in [0.15, 0.2) is 0 Å². The van der Waals surface area contributed by atoms with Gasteiger partial charge in [0.25, 0.3) is 5.91 Å². The number of carbonyl (C=O) groups is 1. The van der Waals surface area contributed by atoms with Gasteiger partial charge in [-0.25, -0.2) is 0 Å². The lowest BCUT2D eigenvalue weighted by molar-refractivity contribution is 0.0988. The maximum absolute atomic E-state index is 12.7. The molecule has 2 rings (SSSR count). The van der Waals surface area contributed by atoms with E-state index in [2.05, 4.69) is 12.6 Å². The van der Waals surface area contributed by atoms with Gasteiger partial charge in [0, 0.05) is 17.1 Å². The minimum atomic E-state index is -0.112. The molecule has 0 atom stereocenters. The fourth-order valence-electron chi connectivity index (χ4n) is 2.06. The molecule has 0 N–H and O–H groups in total. The molecule has 0 aliphatic carbocycles. The zero-order valence-corrected chi connectivity index (χ0v) is 13.1. The van der Waals surface area contributed by atoms with Crippen molar-refractivity contribution in [1.29, 1.82) is 0 Å². The predicted octanol–water partition coefficient (Wildman–Crippen LogP) is 4.60. The summed E-state index contributed by atoms with van der Waals surface area (Å²) >= 11 is 10.4. The van der Waals surface area contributed by atoms with Crippen LogP contribution in [0.15, 0.2) is 47.4 Å². The van der Waals surface area contributed by atoms with E-state index in [-0.39, 0.29) is 5.91 Å². The fourth-order valence-corrected chi connectivity index (χ4v) is 2.46. The zero-order valence-electron chi connectivity index (χ0n) is 11.4. The number of aryl methyl sites for hydroxylation is 1. The number of amides is 1. The normalized spacial score (nSPS) is 10.4. The summed E-state index contributed by atoms with van der Waals surface area (Å²) in [6.07, 6.45) is 0. The molecule has 0 unspecified atom stereocenters. The first-order valence-electron chi connectivity index (χ1n) is 6.40. The maximum Gasteiger partial charge on any atom is 0.259 e. The number of halogens is 1. The summed E-state index contributed by atoms with van der Waals surface area (Å²) in [5.41, 5.74) is 2.46. The van der Waals surface area contributed by atoms with Crippen LogP contribution in [0, 0.1) is 6.92 Å². The molecule has 0 fully saturated rings. The standard InChI is InChI=1S/C16H16ClNOS/c1-3-18(12-6-4-5-11(2)9-12)16(19)14-10-13(20)7-8-15(14)17/h4-10,20H,3H2,1-2H3.